The van der Waals surface area contributed by atoms with Crippen molar-refractivity contribution >= 4 is 5.91 Å². The molecule has 20 heavy (non-hydrogen) atoms. The average Bonchev–Trinajstić information content (AvgIpc) is 2.86. The van der Waals surface area contributed by atoms with Crippen LogP contribution >= 0.6 is 0 Å². The predicted octanol–water partition coefficient (Wildman–Crippen LogP) is 3.14. The lowest BCUT2D eigenvalue weighted by atomic mass is 10.0. The third kappa shape index (κ3) is 2.84. The topological polar surface area (TPSA) is 33.2 Å². The molecule has 108 valence electrons. The highest BCUT2D eigenvalue weighted by Gasteiger charge is 2.33. The summed E-state index contributed by atoms with van der Waals surface area (Å²) < 4.78 is 37.3. The molecule has 1 aliphatic rings. The number of nitrogens with zero attached hydrogens (tertiary/aromatic N) is 2. The Morgan fingerprint density at radius 3 is 2.60 bits per heavy atom. The number of hydrogen-bond donors (Lipinski definition) is 0. The Kier molecular flexibility index (Phi) is 3.83. The van der Waals surface area contributed by atoms with Crippen molar-refractivity contribution in [2.24, 2.45) is 5.92 Å². The van der Waals surface area contributed by atoms with Crippen molar-refractivity contribution in [3.05, 3.63) is 41.7 Å². The molecule has 1 amide bonds. The number of pyridine rings is 1. The number of carbonyl (C=O) groups excluding carboxylic acids is 1. The van der Waals surface area contributed by atoms with Crippen molar-refractivity contribution in [1.29, 1.82) is 0 Å². The van der Waals surface area contributed by atoms with Crippen molar-refractivity contribution < 1.29 is 18.0 Å². The second-order valence-corrected chi connectivity index (χ2v) is 5.05. The zero-order chi connectivity index (χ0) is 14.9. The van der Waals surface area contributed by atoms with Gasteiger partial charge in [0.25, 0.3) is 5.91 Å². The van der Waals surface area contributed by atoms with Gasteiger partial charge in [-0.25, -0.2) is 0 Å². The normalized spacial score (nSPS) is 18.9. The van der Waals surface area contributed by atoms with E-state index < -0.39 is 11.9 Å². The van der Waals surface area contributed by atoms with E-state index in [1.165, 1.54) is 6.07 Å². The third-order valence-electron chi connectivity index (χ3n) is 3.24. The molecular weight excluding hydrogens is 269 g/mol. The van der Waals surface area contributed by atoms with Crippen LogP contribution in [0.2, 0.25) is 0 Å². The number of halogens is 3. The largest absolute Gasteiger partial charge is 0.433 e. The molecule has 2 rings (SSSR count). The summed E-state index contributed by atoms with van der Waals surface area (Å²) in [5.74, 6) is -0.0463. The molecule has 1 unspecified atom stereocenters. The second kappa shape index (κ2) is 5.26. The SMILES string of the molecule is CC(C)C1C=CCN1C(=O)c1ccc(C(F)(F)F)nc1. The Labute approximate surface area is 115 Å². The average molecular weight is 284 g/mol. The van der Waals surface area contributed by atoms with Crippen LogP contribution in [0.25, 0.3) is 0 Å². The first-order chi connectivity index (χ1) is 9.30. The first-order valence-electron chi connectivity index (χ1n) is 6.31. The van der Waals surface area contributed by atoms with Gasteiger partial charge in [-0.2, -0.15) is 13.2 Å². The van der Waals surface area contributed by atoms with Gasteiger partial charge in [0.2, 0.25) is 0 Å². The van der Waals surface area contributed by atoms with Crippen LogP contribution in [-0.4, -0.2) is 28.4 Å². The minimum atomic E-state index is -4.49. The Hall–Kier alpha value is -1.85. The Bertz CT molecular complexity index is 520. The molecule has 1 atom stereocenters. The lowest BCUT2D eigenvalue weighted by Gasteiger charge is -2.27. The van der Waals surface area contributed by atoms with E-state index in [1.807, 2.05) is 26.0 Å². The fourth-order valence-corrected chi connectivity index (χ4v) is 2.19. The maximum Gasteiger partial charge on any atom is 0.433 e. The van der Waals surface area contributed by atoms with E-state index >= 15 is 0 Å². The van der Waals surface area contributed by atoms with E-state index in [9.17, 15) is 18.0 Å². The molecule has 0 radical (unpaired) electrons. The van der Waals surface area contributed by atoms with Crippen molar-refractivity contribution in [2.75, 3.05) is 6.54 Å². The number of rotatable bonds is 2. The van der Waals surface area contributed by atoms with Gasteiger partial charge in [-0.3, -0.25) is 9.78 Å². The van der Waals surface area contributed by atoms with Gasteiger partial charge >= 0.3 is 6.18 Å². The van der Waals surface area contributed by atoms with Gasteiger partial charge < -0.3 is 4.90 Å². The quantitative estimate of drug-likeness (QED) is 0.782. The summed E-state index contributed by atoms with van der Waals surface area (Å²) in [5, 5.41) is 0. The Balaban J connectivity index is 2.18. The molecule has 1 aromatic rings. The van der Waals surface area contributed by atoms with E-state index in [4.69, 9.17) is 0 Å². The van der Waals surface area contributed by atoms with Crippen LogP contribution in [-0.2, 0) is 6.18 Å². The van der Waals surface area contributed by atoms with Crippen LogP contribution in [0.3, 0.4) is 0 Å². The van der Waals surface area contributed by atoms with Crippen LogP contribution in [0.5, 0.6) is 0 Å². The molecule has 0 saturated carbocycles. The molecule has 2 heterocycles. The maximum absolute atomic E-state index is 12.4. The van der Waals surface area contributed by atoms with E-state index in [2.05, 4.69) is 4.98 Å². The molecule has 0 bridgehead atoms. The summed E-state index contributed by atoms with van der Waals surface area (Å²) in [6.45, 7) is 4.46. The highest BCUT2D eigenvalue weighted by atomic mass is 19.4. The van der Waals surface area contributed by atoms with Crippen LogP contribution < -0.4 is 0 Å². The van der Waals surface area contributed by atoms with Crippen molar-refractivity contribution in [1.82, 2.24) is 9.88 Å². The number of aromatic nitrogens is 1. The standard InChI is InChI=1S/C14H15F3N2O/c1-9(2)11-4-3-7-19(11)13(20)10-5-6-12(18-8-10)14(15,16)17/h3-6,8-9,11H,7H2,1-2H3. The fraction of sp³-hybridized carbons (Fsp3) is 0.429. The summed E-state index contributed by atoms with van der Waals surface area (Å²) in [5.41, 5.74) is -0.818. The van der Waals surface area contributed by atoms with E-state index in [1.54, 1.807) is 4.90 Å². The van der Waals surface area contributed by atoms with Crippen LogP contribution in [0.1, 0.15) is 29.9 Å². The number of hydrogen-bond acceptors (Lipinski definition) is 2. The van der Waals surface area contributed by atoms with Gasteiger partial charge in [0.1, 0.15) is 5.69 Å². The molecule has 1 aromatic heterocycles. The third-order valence-corrected chi connectivity index (χ3v) is 3.24. The molecule has 0 spiro atoms. The van der Waals surface area contributed by atoms with Crippen molar-refractivity contribution in [2.45, 2.75) is 26.1 Å². The molecule has 3 nitrogen and oxygen atoms in total. The first kappa shape index (κ1) is 14.6. The minimum Gasteiger partial charge on any atom is -0.328 e. The van der Waals surface area contributed by atoms with E-state index in [0.717, 1.165) is 12.3 Å². The van der Waals surface area contributed by atoms with Crippen LogP contribution in [0, 0.1) is 5.92 Å². The monoisotopic (exact) mass is 284 g/mol. The molecule has 0 aromatic carbocycles. The molecule has 6 heteroatoms. The predicted molar refractivity (Wildman–Crippen MR) is 68.0 cm³/mol. The Morgan fingerprint density at radius 2 is 2.10 bits per heavy atom. The summed E-state index contributed by atoms with van der Waals surface area (Å²) in [6, 6.07) is 1.99. The lowest BCUT2D eigenvalue weighted by molar-refractivity contribution is -0.141. The molecule has 0 aliphatic carbocycles. The molecular formula is C14H15F3N2O. The number of amides is 1. The van der Waals surface area contributed by atoms with Gasteiger partial charge in [-0.15, -0.1) is 0 Å². The molecule has 0 fully saturated rings. The van der Waals surface area contributed by atoms with Crippen molar-refractivity contribution in [3.63, 3.8) is 0 Å². The number of carbonyl (C=O) groups is 1. The minimum absolute atomic E-state index is 0.0233. The summed E-state index contributed by atoms with van der Waals surface area (Å²) >= 11 is 0. The zero-order valence-corrected chi connectivity index (χ0v) is 11.2. The van der Waals surface area contributed by atoms with Gasteiger partial charge in [0.15, 0.2) is 0 Å². The van der Waals surface area contributed by atoms with E-state index in [-0.39, 0.29) is 23.4 Å². The maximum atomic E-state index is 12.4. The highest BCUT2D eigenvalue weighted by Crippen LogP contribution is 2.27. The fourth-order valence-electron chi connectivity index (χ4n) is 2.19. The first-order valence-corrected chi connectivity index (χ1v) is 6.31. The summed E-state index contributed by atoms with van der Waals surface area (Å²) in [6.07, 6.45) is 0.332. The smallest absolute Gasteiger partial charge is 0.328 e. The van der Waals surface area contributed by atoms with Crippen molar-refractivity contribution in [3.8, 4) is 0 Å². The van der Waals surface area contributed by atoms with Gasteiger partial charge in [0, 0.05) is 12.7 Å². The molecule has 1 aliphatic heterocycles. The highest BCUT2D eigenvalue weighted by molar-refractivity contribution is 5.94. The number of alkyl halides is 3. The second-order valence-electron chi connectivity index (χ2n) is 5.05. The Morgan fingerprint density at radius 1 is 1.40 bits per heavy atom. The zero-order valence-electron chi connectivity index (χ0n) is 11.2. The van der Waals surface area contributed by atoms with Gasteiger partial charge in [-0.05, 0) is 18.1 Å². The van der Waals surface area contributed by atoms with Crippen LogP contribution in [0.4, 0.5) is 13.2 Å². The molecule has 0 saturated heterocycles. The van der Waals surface area contributed by atoms with Gasteiger partial charge in [-0.1, -0.05) is 26.0 Å². The summed E-state index contributed by atoms with van der Waals surface area (Å²) in [7, 11) is 0. The lowest BCUT2D eigenvalue weighted by Crippen LogP contribution is -2.39. The molecule has 0 N–H and O–H groups in total. The summed E-state index contributed by atoms with van der Waals surface area (Å²) in [4.78, 5) is 17.2. The van der Waals surface area contributed by atoms with E-state index in [0.29, 0.717) is 6.54 Å². The van der Waals surface area contributed by atoms with Gasteiger partial charge in [0.05, 0.1) is 11.6 Å². The van der Waals surface area contributed by atoms with Crippen LogP contribution in [0.15, 0.2) is 30.5 Å².